The molecule has 0 aliphatic carbocycles. The smallest absolute Gasteiger partial charge is 0.290 e. The second-order valence-electron chi connectivity index (χ2n) is 6.82. The largest absolute Gasteiger partial charge is 0.497 e. The molecule has 9 nitrogen and oxygen atoms in total. The van der Waals surface area contributed by atoms with Gasteiger partial charge in [0, 0.05) is 28.9 Å². The normalized spacial score (nSPS) is 10.9. The van der Waals surface area contributed by atoms with Gasteiger partial charge in [0.15, 0.2) is 5.69 Å². The number of carbonyl (C=O) groups is 2. The maximum Gasteiger partial charge on any atom is 0.290 e. The first-order chi connectivity index (χ1) is 15.0. The zero-order chi connectivity index (χ0) is 22.0. The molecule has 2 amide bonds. The van der Waals surface area contributed by atoms with Crippen molar-refractivity contribution in [3.63, 3.8) is 0 Å². The van der Waals surface area contributed by atoms with Crippen molar-refractivity contribution >= 4 is 33.6 Å². The lowest BCUT2D eigenvalue weighted by atomic mass is 10.1. The monoisotopic (exact) mass is 420 g/mol. The van der Waals surface area contributed by atoms with Gasteiger partial charge in [-0.05, 0) is 25.1 Å². The molecule has 4 aromatic rings. The number of hydrazine groups is 1. The zero-order valence-electron chi connectivity index (χ0n) is 17.0. The Morgan fingerprint density at radius 1 is 1.10 bits per heavy atom. The minimum Gasteiger partial charge on any atom is -0.497 e. The van der Waals surface area contributed by atoms with Crippen molar-refractivity contribution in [3.05, 3.63) is 70.3 Å². The Bertz CT molecular complexity index is 1360. The molecule has 2 N–H and O–H groups in total. The van der Waals surface area contributed by atoms with E-state index >= 15 is 0 Å². The Morgan fingerprint density at radius 2 is 1.87 bits per heavy atom. The van der Waals surface area contributed by atoms with Gasteiger partial charge in [-0.2, -0.15) is 5.10 Å². The number of rotatable bonds is 5. The predicted molar refractivity (Wildman–Crippen MR) is 114 cm³/mol. The molecule has 0 spiro atoms. The second-order valence-corrected chi connectivity index (χ2v) is 6.82. The van der Waals surface area contributed by atoms with Crippen LogP contribution in [0.4, 0.5) is 0 Å². The Morgan fingerprint density at radius 3 is 2.61 bits per heavy atom. The Kier molecular flexibility index (Phi) is 5.40. The van der Waals surface area contributed by atoms with Gasteiger partial charge in [-0.25, -0.2) is 4.68 Å². The molecule has 4 rings (SSSR count). The van der Waals surface area contributed by atoms with Crippen molar-refractivity contribution in [2.45, 2.75) is 19.9 Å². The number of hydrogen-bond acceptors (Lipinski definition) is 6. The number of aromatic nitrogens is 2. The van der Waals surface area contributed by atoms with Crippen LogP contribution < -0.4 is 21.1 Å². The Balaban J connectivity index is 1.50. The van der Waals surface area contributed by atoms with Crippen molar-refractivity contribution in [2.75, 3.05) is 7.11 Å². The predicted octanol–water partition coefficient (Wildman–Crippen LogP) is 2.17. The third-order valence-corrected chi connectivity index (χ3v) is 4.91. The molecule has 0 radical (unpaired) electrons. The summed E-state index contributed by atoms with van der Waals surface area (Å²) in [4.78, 5) is 37.5. The number of benzene rings is 2. The standard InChI is InChI=1S/C22H20N4O5/c1-3-26-22(29)17-7-5-4-6-16(17)20(25-26)21(28)24-23-19(27)10-13-12-31-18-11-14(30-2)8-9-15(13)18/h4-9,11-12H,3,10H2,1-2H3,(H,23,27)(H,24,28). The lowest BCUT2D eigenvalue weighted by Gasteiger charge is -2.10. The van der Waals surface area contributed by atoms with Crippen LogP contribution in [-0.4, -0.2) is 28.7 Å². The van der Waals surface area contributed by atoms with Gasteiger partial charge in [0.05, 0.1) is 25.2 Å². The fourth-order valence-electron chi connectivity index (χ4n) is 3.35. The summed E-state index contributed by atoms with van der Waals surface area (Å²) >= 11 is 0. The van der Waals surface area contributed by atoms with Gasteiger partial charge >= 0.3 is 0 Å². The third-order valence-electron chi connectivity index (χ3n) is 4.91. The van der Waals surface area contributed by atoms with E-state index in [1.807, 2.05) is 6.07 Å². The molecule has 0 atom stereocenters. The molecular formula is C22H20N4O5. The minimum absolute atomic E-state index is 0.00223. The van der Waals surface area contributed by atoms with E-state index in [0.717, 1.165) is 5.39 Å². The number of aryl methyl sites for hydroxylation is 1. The highest BCUT2D eigenvalue weighted by atomic mass is 16.5. The lowest BCUT2D eigenvalue weighted by molar-refractivity contribution is -0.121. The first-order valence-corrected chi connectivity index (χ1v) is 9.65. The fourth-order valence-corrected chi connectivity index (χ4v) is 3.35. The van der Waals surface area contributed by atoms with Crippen LogP contribution in [0.5, 0.6) is 5.75 Å². The van der Waals surface area contributed by atoms with Gasteiger partial charge in [-0.15, -0.1) is 0 Å². The number of ether oxygens (including phenoxy) is 1. The summed E-state index contributed by atoms with van der Waals surface area (Å²) in [5, 5.41) is 5.73. The highest BCUT2D eigenvalue weighted by molar-refractivity contribution is 6.05. The summed E-state index contributed by atoms with van der Waals surface area (Å²) in [6.45, 7) is 2.08. The van der Waals surface area contributed by atoms with E-state index in [2.05, 4.69) is 16.0 Å². The van der Waals surface area contributed by atoms with E-state index in [1.165, 1.54) is 10.9 Å². The van der Waals surface area contributed by atoms with E-state index in [4.69, 9.17) is 9.15 Å². The van der Waals surface area contributed by atoms with E-state index in [1.54, 1.807) is 50.4 Å². The third kappa shape index (κ3) is 3.85. The number of fused-ring (bicyclic) bond motifs is 2. The molecule has 2 aromatic heterocycles. The number of nitrogens with zero attached hydrogens (tertiary/aromatic N) is 2. The highest BCUT2D eigenvalue weighted by Crippen LogP contribution is 2.25. The van der Waals surface area contributed by atoms with E-state index in [-0.39, 0.29) is 17.7 Å². The number of hydrogen-bond donors (Lipinski definition) is 2. The van der Waals surface area contributed by atoms with Gasteiger partial charge in [-0.3, -0.25) is 25.2 Å². The summed E-state index contributed by atoms with van der Waals surface area (Å²) in [7, 11) is 1.56. The summed E-state index contributed by atoms with van der Waals surface area (Å²) in [5.41, 5.74) is 5.82. The van der Waals surface area contributed by atoms with E-state index < -0.39 is 11.8 Å². The fraction of sp³-hybridized carbons (Fsp3) is 0.182. The van der Waals surface area contributed by atoms with Crippen molar-refractivity contribution in [1.29, 1.82) is 0 Å². The topological polar surface area (TPSA) is 115 Å². The molecule has 158 valence electrons. The number of methoxy groups -OCH3 is 1. The van der Waals surface area contributed by atoms with Crippen LogP contribution in [-0.2, 0) is 17.8 Å². The molecule has 0 fully saturated rings. The summed E-state index contributed by atoms with van der Waals surface area (Å²) in [6.07, 6.45) is 1.50. The molecule has 0 saturated carbocycles. The van der Waals surface area contributed by atoms with Crippen molar-refractivity contribution in [2.24, 2.45) is 0 Å². The SMILES string of the molecule is CCn1nc(C(=O)NNC(=O)Cc2coc3cc(OC)ccc23)c2ccccc2c1=O. The number of amides is 2. The van der Waals surface area contributed by atoms with Gasteiger partial charge in [-0.1, -0.05) is 18.2 Å². The number of nitrogens with one attached hydrogen (secondary N) is 2. The average molecular weight is 420 g/mol. The quantitative estimate of drug-likeness (QED) is 0.478. The Labute approximate surface area is 176 Å². The first kappa shape index (κ1) is 20.1. The van der Waals surface area contributed by atoms with Gasteiger partial charge < -0.3 is 9.15 Å². The number of carbonyl (C=O) groups excluding carboxylic acids is 2. The second kappa shape index (κ2) is 8.31. The first-order valence-electron chi connectivity index (χ1n) is 9.65. The van der Waals surface area contributed by atoms with E-state index in [9.17, 15) is 14.4 Å². The highest BCUT2D eigenvalue weighted by Gasteiger charge is 2.17. The van der Waals surface area contributed by atoms with Gasteiger partial charge in [0.25, 0.3) is 11.5 Å². The van der Waals surface area contributed by atoms with E-state index in [0.29, 0.717) is 34.2 Å². The lowest BCUT2D eigenvalue weighted by Crippen LogP contribution is -2.43. The molecule has 31 heavy (non-hydrogen) atoms. The van der Waals surface area contributed by atoms with Crippen LogP contribution in [0.2, 0.25) is 0 Å². The zero-order valence-corrected chi connectivity index (χ0v) is 17.0. The van der Waals surface area contributed by atoms with Crippen LogP contribution in [0.15, 0.2) is 57.9 Å². The summed E-state index contributed by atoms with van der Waals surface area (Å²) < 4.78 is 11.9. The van der Waals surface area contributed by atoms with Crippen LogP contribution in [0.25, 0.3) is 21.7 Å². The molecule has 0 saturated heterocycles. The molecule has 0 unspecified atom stereocenters. The molecule has 0 aliphatic rings. The van der Waals surface area contributed by atoms with Crippen LogP contribution >= 0.6 is 0 Å². The van der Waals surface area contributed by atoms with Crippen molar-refractivity contribution < 1.29 is 18.7 Å². The molecule has 2 heterocycles. The maximum atomic E-state index is 12.7. The summed E-state index contributed by atoms with van der Waals surface area (Å²) in [6, 6.07) is 12.0. The van der Waals surface area contributed by atoms with Crippen LogP contribution in [0.1, 0.15) is 23.0 Å². The maximum absolute atomic E-state index is 12.7. The number of furan rings is 1. The molecule has 0 aliphatic heterocycles. The van der Waals surface area contributed by atoms with Crippen LogP contribution in [0.3, 0.4) is 0 Å². The Hall–Kier alpha value is -4.14. The average Bonchev–Trinajstić information content (AvgIpc) is 3.19. The molecule has 9 heteroatoms. The van der Waals surface area contributed by atoms with Crippen molar-refractivity contribution in [3.8, 4) is 5.75 Å². The molecular weight excluding hydrogens is 400 g/mol. The molecule has 2 aromatic carbocycles. The van der Waals surface area contributed by atoms with Crippen molar-refractivity contribution in [1.82, 2.24) is 20.6 Å². The minimum atomic E-state index is -0.617. The molecule has 0 bridgehead atoms. The van der Waals surface area contributed by atoms with Crippen LogP contribution in [0, 0.1) is 0 Å². The van der Waals surface area contributed by atoms with Gasteiger partial charge in [0.1, 0.15) is 11.3 Å². The van der Waals surface area contributed by atoms with Gasteiger partial charge in [0.2, 0.25) is 5.91 Å². The summed E-state index contributed by atoms with van der Waals surface area (Å²) in [5.74, 6) is -0.396.